The van der Waals surface area contributed by atoms with Crippen LogP contribution < -0.4 is 4.90 Å². The van der Waals surface area contributed by atoms with Gasteiger partial charge in [-0.15, -0.1) is 14.8 Å². The SMILES string of the molecule is CN(Cc1cccc(C(F)(F)F)c1)c1ccc2nnnn2n1. The number of benzene rings is 1. The van der Waals surface area contributed by atoms with Crippen LogP contribution in [-0.2, 0) is 12.7 Å². The fourth-order valence-electron chi connectivity index (χ4n) is 2.04. The van der Waals surface area contributed by atoms with Crippen LogP contribution in [0.5, 0.6) is 0 Å². The molecule has 0 saturated heterocycles. The number of rotatable bonds is 3. The molecule has 0 saturated carbocycles. The summed E-state index contributed by atoms with van der Waals surface area (Å²) in [5.41, 5.74) is 0.370. The number of hydrogen-bond donors (Lipinski definition) is 0. The first-order valence-corrected chi connectivity index (χ1v) is 6.36. The zero-order valence-corrected chi connectivity index (χ0v) is 11.5. The quantitative estimate of drug-likeness (QED) is 0.742. The maximum atomic E-state index is 12.7. The monoisotopic (exact) mass is 308 g/mol. The lowest BCUT2D eigenvalue weighted by Gasteiger charge is -2.18. The van der Waals surface area contributed by atoms with Crippen LogP contribution >= 0.6 is 0 Å². The number of anilines is 1. The average molecular weight is 308 g/mol. The zero-order chi connectivity index (χ0) is 15.7. The third kappa shape index (κ3) is 2.83. The molecule has 114 valence electrons. The molecule has 0 atom stereocenters. The summed E-state index contributed by atoms with van der Waals surface area (Å²) in [7, 11) is 1.73. The van der Waals surface area contributed by atoms with E-state index in [4.69, 9.17) is 0 Å². The second-order valence-corrected chi connectivity index (χ2v) is 4.77. The highest BCUT2D eigenvalue weighted by molar-refractivity contribution is 5.44. The van der Waals surface area contributed by atoms with E-state index in [-0.39, 0.29) is 6.54 Å². The third-order valence-electron chi connectivity index (χ3n) is 3.12. The van der Waals surface area contributed by atoms with Gasteiger partial charge in [-0.3, -0.25) is 0 Å². The van der Waals surface area contributed by atoms with E-state index in [1.54, 1.807) is 30.1 Å². The van der Waals surface area contributed by atoms with E-state index in [1.165, 1.54) is 10.7 Å². The summed E-state index contributed by atoms with van der Waals surface area (Å²) in [6.45, 7) is 0.282. The Morgan fingerprint density at radius 1 is 1.18 bits per heavy atom. The molecule has 22 heavy (non-hydrogen) atoms. The van der Waals surface area contributed by atoms with E-state index in [9.17, 15) is 13.2 Å². The lowest BCUT2D eigenvalue weighted by molar-refractivity contribution is -0.137. The van der Waals surface area contributed by atoms with Gasteiger partial charge in [-0.2, -0.15) is 13.2 Å². The van der Waals surface area contributed by atoms with Gasteiger partial charge in [0.15, 0.2) is 11.5 Å². The molecule has 0 bridgehead atoms. The van der Waals surface area contributed by atoms with Gasteiger partial charge in [0.2, 0.25) is 0 Å². The van der Waals surface area contributed by atoms with Crippen LogP contribution in [-0.4, -0.2) is 32.3 Å². The minimum atomic E-state index is -4.35. The van der Waals surface area contributed by atoms with Crippen molar-refractivity contribution in [3.05, 3.63) is 47.5 Å². The second kappa shape index (κ2) is 5.24. The largest absolute Gasteiger partial charge is 0.416 e. The number of nitrogens with zero attached hydrogens (tertiary/aromatic N) is 6. The van der Waals surface area contributed by atoms with Gasteiger partial charge in [0.05, 0.1) is 5.56 Å². The van der Waals surface area contributed by atoms with Gasteiger partial charge < -0.3 is 4.90 Å². The van der Waals surface area contributed by atoms with Crippen LogP contribution in [0.3, 0.4) is 0 Å². The van der Waals surface area contributed by atoms with Crippen LogP contribution in [0, 0.1) is 0 Å². The van der Waals surface area contributed by atoms with E-state index in [1.807, 2.05) is 0 Å². The molecule has 1 aromatic carbocycles. The Kier molecular flexibility index (Phi) is 3.39. The zero-order valence-electron chi connectivity index (χ0n) is 11.5. The second-order valence-electron chi connectivity index (χ2n) is 4.77. The molecule has 9 heteroatoms. The number of fused-ring (bicyclic) bond motifs is 1. The molecule has 0 N–H and O–H groups in total. The summed E-state index contributed by atoms with van der Waals surface area (Å²) < 4.78 is 39.4. The number of tetrazole rings is 1. The normalized spacial score (nSPS) is 11.8. The number of halogens is 3. The maximum absolute atomic E-state index is 12.7. The Labute approximate surface area is 123 Å². The van der Waals surface area contributed by atoms with Crippen molar-refractivity contribution in [2.75, 3.05) is 11.9 Å². The fraction of sp³-hybridized carbons (Fsp3) is 0.231. The molecule has 0 spiro atoms. The Balaban J connectivity index is 1.83. The van der Waals surface area contributed by atoms with Gasteiger partial charge in [0.1, 0.15) is 0 Å². The predicted molar refractivity (Wildman–Crippen MR) is 72.1 cm³/mol. The fourth-order valence-corrected chi connectivity index (χ4v) is 2.04. The molecule has 0 aliphatic rings. The molecular weight excluding hydrogens is 297 g/mol. The summed E-state index contributed by atoms with van der Waals surface area (Å²) in [5, 5.41) is 15.1. The first kappa shape index (κ1) is 14.2. The van der Waals surface area contributed by atoms with Crippen molar-refractivity contribution >= 4 is 11.5 Å². The lowest BCUT2D eigenvalue weighted by atomic mass is 10.1. The van der Waals surface area contributed by atoms with Crippen molar-refractivity contribution in [3.63, 3.8) is 0 Å². The number of alkyl halides is 3. The van der Waals surface area contributed by atoms with Gasteiger partial charge in [-0.05, 0) is 40.3 Å². The van der Waals surface area contributed by atoms with Crippen LogP contribution in [0.15, 0.2) is 36.4 Å². The Hall–Kier alpha value is -2.71. The van der Waals surface area contributed by atoms with E-state index in [2.05, 4.69) is 20.6 Å². The van der Waals surface area contributed by atoms with Gasteiger partial charge in [0.25, 0.3) is 0 Å². The maximum Gasteiger partial charge on any atom is 0.416 e. The minimum absolute atomic E-state index is 0.282. The molecule has 0 aliphatic heterocycles. The molecule has 0 amide bonds. The Morgan fingerprint density at radius 3 is 2.77 bits per heavy atom. The minimum Gasteiger partial charge on any atom is -0.354 e. The van der Waals surface area contributed by atoms with Crippen molar-refractivity contribution in [1.82, 2.24) is 25.3 Å². The summed E-state index contributed by atoms with van der Waals surface area (Å²) in [6.07, 6.45) is -4.35. The summed E-state index contributed by atoms with van der Waals surface area (Å²) >= 11 is 0. The van der Waals surface area contributed by atoms with Gasteiger partial charge in [-0.25, -0.2) is 0 Å². The number of hydrogen-bond acceptors (Lipinski definition) is 5. The molecule has 3 rings (SSSR count). The molecule has 0 radical (unpaired) electrons. The van der Waals surface area contributed by atoms with Crippen LogP contribution in [0.4, 0.5) is 19.0 Å². The first-order chi connectivity index (χ1) is 10.4. The molecule has 0 aliphatic carbocycles. The highest BCUT2D eigenvalue weighted by Crippen LogP contribution is 2.29. The van der Waals surface area contributed by atoms with E-state index >= 15 is 0 Å². The van der Waals surface area contributed by atoms with Gasteiger partial charge >= 0.3 is 6.18 Å². The molecule has 0 unspecified atom stereocenters. The topological polar surface area (TPSA) is 59.2 Å². The van der Waals surface area contributed by atoms with Crippen LogP contribution in [0.1, 0.15) is 11.1 Å². The van der Waals surface area contributed by atoms with Gasteiger partial charge in [0, 0.05) is 13.6 Å². The van der Waals surface area contributed by atoms with Crippen molar-refractivity contribution in [2.24, 2.45) is 0 Å². The first-order valence-electron chi connectivity index (χ1n) is 6.36. The molecule has 2 heterocycles. The van der Waals surface area contributed by atoms with Crippen molar-refractivity contribution in [2.45, 2.75) is 12.7 Å². The van der Waals surface area contributed by atoms with E-state index in [0.717, 1.165) is 12.1 Å². The van der Waals surface area contributed by atoms with E-state index < -0.39 is 11.7 Å². The smallest absolute Gasteiger partial charge is 0.354 e. The molecule has 0 fully saturated rings. The Morgan fingerprint density at radius 2 is 2.00 bits per heavy atom. The summed E-state index contributed by atoms with van der Waals surface area (Å²) in [6, 6.07) is 8.61. The van der Waals surface area contributed by atoms with Crippen LogP contribution in [0.2, 0.25) is 0 Å². The molecule has 6 nitrogen and oxygen atoms in total. The summed E-state index contributed by atoms with van der Waals surface area (Å²) in [5.74, 6) is 0.553. The summed E-state index contributed by atoms with van der Waals surface area (Å²) in [4.78, 5) is 1.72. The highest BCUT2D eigenvalue weighted by Gasteiger charge is 2.30. The van der Waals surface area contributed by atoms with Crippen molar-refractivity contribution < 1.29 is 13.2 Å². The van der Waals surface area contributed by atoms with Crippen LogP contribution in [0.25, 0.3) is 5.65 Å². The standard InChI is InChI=1S/C13H11F3N6/c1-21(12-6-5-11-17-19-20-22(11)18-12)8-9-3-2-4-10(7-9)13(14,15)16/h2-7H,8H2,1H3. The number of aromatic nitrogens is 5. The van der Waals surface area contributed by atoms with E-state index in [0.29, 0.717) is 17.0 Å². The lowest BCUT2D eigenvalue weighted by Crippen LogP contribution is -2.19. The third-order valence-corrected chi connectivity index (χ3v) is 3.12. The molecular formula is C13H11F3N6. The predicted octanol–water partition coefficient (Wildman–Crippen LogP) is 2.17. The Bertz CT molecular complexity index is 798. The average Bonchev–Trinajstić information content (AvgIpc) is 2.94. The van der Waals surface area contributed by atoms with Crippen molar-refractivity contribution in [3.8, 4) is 0 Å². The highest BCUT2D eigenvalue weighted by atomic mass is 19.4. The molecule has 2 aromatic heterocycles. The molecule has 3 aromatic rings. The van der Waals surface area contributed by atoms with Gasteiger partial charge in [-0.1, -0.05) is 12.1 Å². The van der Waals surface area contributed by atoms with Crippen molar-refractivity contribution in [1.29, 1.82) is 0 Å².